The number of hydrogen-bond acceptors (Lipinski definition) is 2. The van der Waals surface area contributed by atoms with E-state index in [1.165, 1.54) is 11.1 Å². The van der Waals surface area contributed by atoms with Crippen molar-refractivity contribution in [2.45, 2.75) is 19.1 Å². The van der Waals surface area contributed by atoms with Crippen LogP contribution in [0.15, 0.2) is 71.7 Å². The van der Waals surface area contributed by atoms with E-state index in [1.807, 2.05) is 30.3 Å². The van der Waals surface area contributed by atoms with Gasteiger partial charge in [-0.2, -0.15) is 0 Å². The summed E-state index contributed by atoms with van der Waals surface area (Å²) in [5.74, 6) is 2.10. The third-order valence-electron chi connectivity index (χ3n) is 4.74. The van der Waals surface area contributed by atoms with Crippen LogP contribution in [-0.2, 0) is 16.6 Å². The number of hydrogen-bond donors (Lipinski definition) is 1. The minimum absolute atomic E-state index is 0. The first kappa shape index (κ1) is 23.6. The van der Waals surface area contributed by atoms with Crippen LogP contribution in [0.4, 0.5) is 0 Å². The van der Waals surface area contributed by atoms with Gasteiger partial charge in [0.25, 0.3) is 0 Å². The Hall–Kier alpha value is -1.67. The SMILES string of the molecule is CCNC(=NCCS(=O)Cc1ccccc1)N1CC=C(c2ccccc2)CC1.I. The molecule has 0 aliphatic carbocycles. The predicted molar refractivity (Wildman–Crippen MR) is 135 cm³/mol. The van der Waals surface area contributed by atoms with Crippen molar-refractivity contribution in [3.05, 3.63) is 77.9 Å². The maximum atomic E-state index is 12.3. The summed E-state index contributed by atoms with van der Waals surface area (Å²) < 4.78 is 12.3. The number of rotatable bonds is 7. The summed E-state index contributed by atoms with van der Waals surface area (Å²) in [7, 11) is -0.892. The van der Waals surface area contributed by atoms with Gasteiger partial charge >= 0.3 is 0 Å². The van der Waals surface area contributed by atoms with Gasteiger partial charge in [-0.05, 0) is 30.0 Å². The molecule has 0 bridgehead atoms. The van der Waals surface area contributed by atoms with E-state index in [-0.39, 0.29) is 24.0 Å². The fraction of sp³-hybridized carbons (Fsp3) is 0.348. The summed E-state index contributed by atoms with van der Waals surface area (Å²) in [5, 5.41) is 3.38. The van der Waals surface area contributed by atoms with E-state index in [2.05, 4.69) is 53.5 Å². The molecule has 2 aromatic carbocycles. The zero-order valence-corrected chi connectivity index (χ0v) is 20.1. The van der Waals surface area contributed by atoms with Crippen molar-refractivity contribution in [2.24, 2.45) is 4.99 Å². The second-order valence-electron chi connectivity index (χ2n) is 6.80. The van der Waals surface area contributed by atoms with E-state index in [4.69, 9.17) is 4.99 Å². The van der Waals surface area contributed by atoms with E-state index in [0.717, 1.165) is 37.6 Å². The van der Waals surface area contributed by atoms with Gasteiger partial charge in [0.2, 0.25) is 0 Å². The Bertz CT molecular complexity index is 825. The summed E-state index contributed by atoms with van der Waals surface area (Å²) in [6, 6.07) is 20.6. The van der Waals surface area contributed by atoms with Crippen LogP contribution in [0.5, 0.6) is 0 Å². The Morgan fingerprint density at radius 3 is 2.41 bits per heavy atom. The molecule has 2 aromatic rings. The number of nitrogens with one attached hydrogen (secondary N) is 1. The normalized spacial score (nSPS) is 15.3. The molecule has 1 unspecified atom stereocenters. The molecule has 4 nitrogen and oxygen atoms in total. The molecule has 0 radical (unpaired) electrons. The molecule has 1 aliphatic rings. The molecule has 0 aromatic heterocycles. The van der Waals surface area contributed by atoms with Crippen LogP contribution in [0.2, 0.25) is 0 Å². The van der Waals surface area contributed by atoms with Crippen molar-refractivity contribution in [3.63, 3.8) is 0 Å². The standard InChI is InChI=1S/C23H29N3OS.HI/c1-2-24-23(25-15-18-28(27)19-20-9-5-3-6-10-20)26-16-13-22(14-17-26)21-11-7-4-8-12-21;/h3-13H,2,14-19H2,1H3,(H,24,25);1H. The van der Waals surface area contributed by atoms with Gasteiger partial charge in [0.05, 0.1) is 6.54 Å². The topological polar surface area (TPSA) is 44.7 Å². The Balaban J connectivity index is 0.00000300. The molecule has 0 spiro atoms. The molecule has 156 valence electrons. The van der Waals surface area contributed by atoms with Crippen molar-refractivity contribution in [3.8, 4) is 0 Å². The Morgan fingerprint density at radius 2 is 1.79 bits per heavy atom. The van der Waals surface area contributed by atoms with Crippen LogP contribution in [0, 0.1) is 0 Å². The van der Waals surface area contributed by atoms with Crippen LogP contribution >= 0.6 is 24.0 Å². The average molecular weight is 523 g/mol. The third kappa shape index (κ3) is 7.59. The van der Waals surface area contributed by atoms with Gasteiger partial charge in [0, 0.05) is 41.9 Å². The summed E-state index contributed by atoms with van der Waals surface area (Å²) in [6.07, 6.45) is 3.30. The van der Waals surface area contributed by atoms with Crippen molar-refractivity contribution in [2.75, 3.05) is 31.9 Å². The van der Waals surface area contributed by atoms with Crippen molar-refractivity contribution < 1.29 is 4.21 Å². The smallest absolute Gasteiger partial charge is 0.194 e. The maximum Gasteiger partial charge on any atom is 0.194 e. The molecule has 0 amide bonds. The first-order valence-electron chi connectivity index (χ1n) is 9.93. The lowest BCUT2D eigenvalue weighted by Gasteiger charge is -2.29. The van der Waals surface area contributed by atoms with E-state index < -0.39 is 10.8 Å². The lowest BCUT2D eigenvalue weighted by Crippen LogP contribution is -2.43. The van der Waals surface area contributed by atoms with Crippen LogP contribution in [-0.4, -0.2) is 47.0 Å². The van der Waals surface area contributed by atoms with Crippen molar-refractivity contribution in [1.82, 2.24) is 10.2 Å². The van der Waals surface area contributed by atoms with Gasteiger partial charge in [-0.1, -0.05) is 66.7 Å². The summed E-state index contributed by atoms with van der Waals surface area (Å²) in [5.41, 5.74) is 3.82. The maximum absolute atomic E-state index is 12.3. The molecular formula is C23H30IN3OS. The Morgan fingerprint density at radius 1 is 1.10 bits per heavy atom. The third-order valence-corrected chi connectivity index (χ3v) is 6.03. The lowest BCUT2D eigenvalue weighted by atomic mass is 10.00. The molecule has 6 heteroatoms. The van der Waals surface area contributed by atoms with Crippen LogP contribution in [0.25, 0.3) is 5.57 Å². The van der Waals surface area contributed by atoms with E-state index in [0.29, 0.717) is 18.1 Å². The second kappa shape index (κ2) is 12.8. The highest BCUT2D eigenvalue weighted by Gasteiger charge is 2.16. The second-order valence-corrected chi connectivity index (χ2v) is 8.38. The molecule has 0 fully saturated rings. The minimum Gasteiger partial charge on any atom is -0.357 e. The number of guanidine groups is 1. The molecular weight excluding hydrogens is 493 g/mol. The fourth-order valence-corrected chi connectivity index (χ4v) is 4.29. The summed E-state index contributed by atoms with van der Waals surface area (Å²) in [4.78, 5) is 7.00. The van der Waals surface area contributed by atoms with Gasteiger partial charge in [-0.3, -0.25) is 9.20 Å². The van der Waals surface area contributed by atoms with Crippen LogP contribution in [0.1, 0.15) is 24.5 Å². The van der Waals surface area contributed by atoms with Crippen LogP contribution < -0.4 is 5.32 Å². The fourth-order valence-electron chi connectivity index (χ4n) is 3.29. The van der Waals surface area contributed by atoms with Crippen LogP contribution in [0.3, 0.4) is 0 Å². The number of benzene rings is 2. The first-order chi connectivity index (χ1) is 13.8. The quantitative estimate of drug-likeness (QED) is 0.334. The average Bonchev–Trinajstić information content (AvgIpc) is 2.75. The number of nitrogens with zero attached hydrogens (tertiary/aromatic N) is 2. The first-order valence-corrected chi connectivity index (χ1v) is 11.4. The lowest BCUT2D eigenvalue weighted by molar-refractivity contribution is 0.440. The largest absolute Gasteiger partial charge is 0.357 e. The summed E-state index contributed by atoms with van der Waals surface area (Å²) >= 11 is 0. The highest BCUT2D eigenvalue weighted by Crippen LogP contribution is 2.21. The molecule has 0 saturated heterocycles. The van der Waals surface area contributed by atoms with Gasteiger partial charge in [-0.15, -0.1) is 24.0 Å². The minimum atomic E-state index is -0.892. The molecule has 3 rings (SSSR count). The van der Waals surface area contributed by atoms with Gasteiger partial charge < -0.3 is 10.2 Å². The molecule has 1 N–H and O–H groups in total. The molecule has 1 heterocycles. The highest BCUT2D eigenvalue weighted by molar-refractivity contribution is 14.0. The van der Waals surface area contributed by atoms with Gasteiger partial charge in [0.15, 0.2) is 5.96 Å². The predicted octanol–water partition coefficient (Wildman–Crippen LogP) is 4.31. The summed E-state index contributed by atoms with van der Waals surface area (Å²) in [6.45, 7) is 5.28. The highest BCUT2D eigenvalue weighted by atomic mass is 127. The zero-order valence-electron chi connectivity index (χ0n) is 16.9. The van der Waals surface area contributed by atoms with E-state index >= 15 is 0 Å². The van der Waals surface area contributed by atoms with Crippen molar-refractivity contribution >= 4 is 46.3 Å². The zero-order chi connectivity index (χ0) is 19.6. The molecule has 1 atom stereocenters. The van der Waals surface area contributed by atoms with Gasteiger partial charge in [-0.25, -0.2) is 0 Å². The molecule has 0 saturated carbocycles. The Labute approximate surface area is 194 Å². The molecule has 1 aliphatic heterocycles. The Kier molecular flexibility index (Phi) is 10.4. The number of halogens is 1. The van der Waals surface area contributed by atoms with E-state index in [1.54, 1.807) is 0 Å². The van der Waals surface area contributed by atoms with Crippen molar-refractivity contribution in [1.29, 1.82) is 0 Å². The van der Waals surface area contributed by atoms with E-state index in [9.17, 15) is 4.21 Å². The molecule has 29 heavy (non-hydrogen) atoms. The number of aliphatic imine (C=N–C) groups is 1. The van der Waals surface area contributed by atoms with Gasteiger partial charge in [0.1, 0.15) is 0 Å². The monoisotopic (exact) mass is 523 g/mol.